The maximum Gasteiger partial charge on any atom is 0.216 e. The predicted molar refractivity (Wildman–Crippen MR) is 32.4 cm³/mol. The quantitative estimate of drug-likeness (QED) is 0.515. The molecule has 0 radical (unpaired) electrons. The molecule has 0 aromatic heterocycles. The van der Waals surface area contributed by atoms with Crippen LogP contribution in [0.3, 0.4) is 0 Å². The van der Waals surface area contributed by atoms with E-state index < -0.39 is 0 Å². The number of hydrogen-bond donors (Lipinski definition) is 0. The van der Waals surface area contributed by atoms with E-state index >= 15 is 0 Å². The first-order chi connectivity index (χ1) is 4.24. The molecule has 50 valence electrons. The molecule has 0 aromatic carbocycles. The van der Waals surface area contributed by atoms with Crippen molar-refractivity contribution in [1.29, 1.82) is 0 Å². The Bertz CT molecular complexity index is 157. The van der Waals surface area contributed by atoms with E-state index in [-0.39, 0.29) is 11.4 Å². The lowest BCUT2D eigenvalue weighted by Gasteiger charge is -2.11. The number of ether oxygens (including phenoxy) is 1. The van der Waals surface area contributed by atoms with Gasteiger partial charge in [0.2, 0.25) is 11.6 Å². The maximum absolute atomic E-state index is 10.1. The average molecular weight is 148 g/mol. The Morgan fingerprint density at radius 1 is 2.00 bits per heavy atom. The standard InChI is InChI=1S/C5H6ClNO2/c1-4-7(3-8)2-5(6)9-4/h2-4H,1H3. The zero-order chi connectivity index (χ0) is 6.85. The fraction of sp³-hybridized carbons (Fsp3) is 0.400. The molecule has 1 unspecified atom stereocenters. The lowest BCUT2D eigenvalue weighted by molar-refractivity contribution is -0.120. The summed E-state index contributed by atoms with van der Waals surface area (Å²) in [4.78, 5) is 11.5. The second-order valence-electron chi connectivity index (χ2n) is 1.70. The van der Waals surface area contributed by atoms with Crippen molar-refractivity contribution < 1.29 is 9.53 Å². The van der Waals surface area contributed by atoms with Crippen LogP contribution in [0.5, 0.6) is 0 Å². The van der Waals surface area contributed by atoms with Crippen molar-refractivity contribution in [1.82, 2.24) is 4.90 Å². The molecule has 0 aromatic rings. The zero-order valence-corrected chi connectivity index (χ0v) is 5.63. The molecular formula is C5H6ClNO2. The van der Waals surface area contributed by atoms with Crippen molar-refractivity contribution in [2.75, 3.05) is 0 Å². The van der Waals surface area contributed by atoms with Gasteiger partial charge in [-0.25, -0.2) is 0 Å². The van der Waals surface area contributed by atoms with E-state index in [9.17, 15) is 4.79 Å². The fourth-order valence-corrected chi connectivity index (χ4v) is 0.834. The summed E-state index contributed by atoms with van der Waals surface area (Å²) >= 11 is 5.42. The van der Waals surface area contributed by atoms with Gasteiger partial charge < -0.3 is 4.74 Å². The van der Waals surface area contributed by atoms with E-state index in [1.807, 2.05) is 0 Å². The minimum Gasteiger partial charge on any atom is -0.458 e. The van der Waals surface area contributed by atoms with Crippen LogP contribution >= 0.6 is 11.6 Å². The highest BCUT2D eigenvalue weighted by Crippen LogP contribution is 2.18. The molecule has 0 bridgehead atoms. The molecule has 0 N–H and O–H groups in total. The number of hydrogen-bond acceptors (Lipinski definition) is 2. The Hall–Kier alpha value is -0.700. The van der Waals surface area contributed by atoms with Crippen LogP contribution in [-0.4, -0.2) is 17.5 Å². The first kappa shape index (κ1) is 6.42. The average Bonchev–Trinajstić information content (AvgIpc) is 2.10. The normalized spacial score (nSPS) is 25.3. The lowest BCUT2D eigenvalue weighted by atomic mass is 10.6. The van der Waals surface area contributed by atoms with Gasteiger partial charge in [-0.05, 0) is 18.5 Å². The van der Waals surface area contributed by atoms with Crippen LogP contribution in [0, 0.1) is 0 Å². The molecule has 1 heterocycles. The number of halogens is 1. The number of carbonyl (C=O) groups excluding carboxylic acids is 1. The topological polar surface area (TPSA) is 29.5 Å². The van der Waals surface area contributed by atoms with Crippen molar-refractivity contribution in [3.8, 4) is 0 Å². The Morgan fingerprint density at radius 3 is 2.89 bits per heavy atom. The Morgan fingerprint density at radius 2 is 2.67 bits per heavy atom. The Balaban J connectivity index is 2.63. The third-order valence-corrected chi connectivity index (χ3v) is 1.26. The number of carbonyl (C=O) groups is 1. The largest absolute Gasteiger partial charge is 0.458 e. The van der Waals surface area contributed by atoms with Crippen molar-refractivity contribution in [3.05, 3.63) is 11.4 Å². The second kappa shape index (κ2) is 2.27. The van der Waals surface area contributed by atoms with Crippen LogP contribution in [0.4, 0.5) is 0 Å². The molecule has 1 aliphatic heterocycles. The van der Waals surface area contributed by atoms with Gasteiger partial charge in [0.25, 0.3) is 0 Å². The highest BCUT2D eigenvalue weighted by molar-refractivity contribution is 6.28. The van der Waals surface area contributed by atoms with Gasteiger partial charge in [0.05, 0.1) is 6.20 Å². The first-order valence-corrected chi connectivity index (χ1v) is 2.88. The summed E-state index contributed by atoms with van der Waals surface area (Å²) in [5.74, 6) is 0. The highest BCUT2D eigenvalue weighted by atomic mass is 35.5. The molecule has 0 fully saturated rings. The third kappa shape index (κ3) is 1.16. The van der Waals surface area contributed by atoms with Crippen molar-refractivity contribution in [2.24, 2.45) is 0 Å². The molecule has 1 rings (SSSR count). The van der Waals surface area contributed by atoms with Gasteiger partial charge in [-0.3, -0.25) is 9.69 Å². The molecule has 0 aliphatic carbocycles. The van der Waals surface area contributed by atoms with E-state index in [4.69, 9.17) is 16.3 Å². The lowest BCUT2D eigenvalue weighted by Crippen LogP contribution is -2.22. The van der Waals surface area contributed by atoms with Crippen LogP contribution in [-0.2, 0) is 9.53 Å². The molecule has 3 nitrogen and oxygen atoms in total. The van der Waals surface area contributed by atoms with Crippen LogP contribution in [0.2, 0.25) is 0 Å². The van der Waals surface area contributed by atoms with Crippen LogP contribution in [0.15, 0.2) is 11.4 Å². The van der Waals surface area contributed by atoms with Gasteiger partial charge >= 0.3 is 0 Å². The van der Waals surface area contributed by atoms with E-state index in [0.29, 0.717) is 6.41 Å². The number of amides is 1. The van der Waals surface area contributed by atoms with Gasteiger partial charge in [-0.15, -0.1) is 0 Å². The van der Waals surface area contributed by atoms with Gasteiger partial charge in [0.15, 0.2) is 6.23 Å². The van der Waals surface area contributed by atoms with Crippen LogP contribution in [0.1, 0.15) is 6.92 Å². The molecule has 1 atom stereocenters. The van der Waals surface area contributed by atoms with E-state index in [0.717, 1.165) is 0 Å². The highest BCUT2D eigenvalue weighted by Gasteiger charge is 2.18. The second-order valence-corrected chi connectivity index (χ2v) is 2.08. The fourth-order valence-electron chi connectivity index (χ4n) is 0.593. The zero-order valence-electron chi connectivity index (χ0n) is 4.87. The monoisotopic (exact) mass is 147 g/mol. The molecule has 0 saturated carbocycles. The first-order valence-electron chi connectivity index (χ1n) is 2.51. The third-order valence-electron chi connectivity index (χ3n) is 1.08. The molecule has 1 aliphatic rings. The van der Waals surface area contributed by atoms with Gasteiger partial charge in [0.1, 0.15) is 0 Å². The SMILES string of the molecule is CC1OC(Cl)=CN1C=O. The number of rotatable bonds is 1. The van der Waals surface area contributed by atoms with E-state index in [1.54, 1.807) is 6.92 Å². The van der Waals surface area contributed by atoms with Gasteiger partial charge in [0, 0.05) is 0 Å². The molecule has 0 saturated heterocycles. The summed E-state index contributed by atoms with van der Waals surface area (Å²) in [5, 5.41) is 0.259. The summed E-state index contributed by atoms with van der Waals surface area (Å²) in [7, 11) is 0. The van der Waals surface area contributed by atoms with Crippen molar-refractivity contribution >= 4 is 18.0 Å². The summed E-state index contributed by atoms with van der Waals surface area (Å²) < 4.78 is 4.89. The molecule has 0 spiro atoms. The van der Waals surface area contributed by atoms with Crippen molar-refractivity contribution in [3.63, 3.8) is 0 Å². The minimum absolute atomic E-state index is 0.255. The predicted octanol–water partition coefficient (Wildman–Crippen LogP) is 0.859. The summed E-state index contributed by atoms with van der Waals surface area (Å²) in [5.41, 5.74) is 0. The smallest absolute Gasteiger partial charge is 0.216 e. The van der Waals surface area contributed by atoms with Crippen LogP contribution < -0.4 is 0 Å². The molecule has 4 heteroatoms. The summed E-state index contributed by atoms with van der Waals surface area (Å²) in [6.45, 7) is 1.74. The minimum atomic E-state index is -0.255. The maximum atomic E-state index is 10.1. The number of nitrogens with zero attached hydrogens (tertiary/aromatic N) is 1. The van der Waals surface area contributed by atoms with Crippen LogP contribution in [0.25, 0.3) is 0 Å². The van der Waals surface area contributed by atoms with Crippen molar-refractivity contribution in [2.45, 2.75) is 13.2 Å². The Labute approximate surface area is 57.8 Å². The molecular weight excluding hydrogens is 142 g/mol. The van der Waals surface area contributed by atoms with E-state index in [1.165, 1.54) is 11.1 Å². The summed E-state index contributed by atoms with van der Waals surface area (Å²) in [6.07, 6.45) is 1.86. The van der Waals surface area contributed by atoms with Gasteiger partial charge in [-0.1, -0.05) is 0 Å². The molecule has 1 amide bonds. The van der Waals surface area contributed by atoms with Gasteiger partial charge in [-0.2, -0.15) is 0 Å². The Kier molecular flexibility index (Phi) is 1.62. The summed E-state index contributed by atoms with van der Waals surface area (Å²) in [6, 6.07) is 0. The van der Waals surface area contributed by atoms with E-state index in [2.05, 4.69) is 0 Å². The molecule has 9 heavy (non-hydrogen) atoms.